The Morgan fingerprint density at radius 1 is 1.31 bits per heavy atom. The van der Waals surface area contributed by atoms with E-state index in [-0.39, 0.29) is 5.54 Å². The predicted octanol–water partition coefficient (Wildman–Crippen LogP) is 3.34. The van der Waals surface area contributed by atoms with E-state index in [9.17, 15) is 4.79 Å². The van der Waals surface area contributed by atoms with Crippen molar-refractivity contribution in [3.8, 4) is 0 Å². The normalized spacial score (nSPS) is 30.5. The minimum absolute atomic E-state index is 0.157. The molecule has 0 aromatic heterocycles. The number of rotatable bonds is 2. The van der Waals surface area contributed by atoms with Crippen LogP contribution in [0, 0.1) is 5.92 Å². The summed E-state index contributed by atoms with van der Waals surface area (Å²) < 4.78 is 0. The second kappa shape index (κ2) is 5.07. The monoisotopic (exact) mass is 287 g/mol. The van der Waals surface area contributed by atoms with Crippen molar-refractivity contribution in [3.63, 3.8) is 0 Å². The second-order valence-corrected chi connectivity index (χ2v) is 6.29. The quantitative estimate of drug-likeness (QED) is 0.563. The molecule has 0 bridgehead atoms. The van der Waals surface area contributed by atoms with Crippen molar-refractivity contribution in [2.24, 2.45) is 5.92 Å². The Morgan fingerprint density at radius 3 is 2.44 bits per heavy atom. The van der Waals surface area contributed by atoms with Gasteiger partial charge in [-0.2, -0.15) is 0 Å². The Balaban J connectivity index is 2.07. The van der Waals surface area contributed by atoms with E-state index in [1.165, 1.54) is 38.5 Å². The molecule has 92 valence electrons. The van der Waals surface area contributed by atoms with Crippen LogP contribution in [0.1, 0.15) is 51.9 Å². The van der Waals surface area contributed by atoms with E-state index >= 15 is 0 Å². The van der Waals surface area contributed by atoms with E-state index < -0.39 is 0 Å². The summed E-state index contributed by atoms with van der Waals surface area (Å²) in [6.45, 7) is 3.27. The van der Waals surface area contributed by atoms with Gasteiger partial charge in [0.25, 0.3) is 0 Å². The zero-order valence-corrected chi connectivity index (χ0v) is 11.8. The highest BCUT2D eigenvalue weighted by molar-refractivity contribution is 9.09. The summed E-state index contributed by atoms with van der Waals surface area (Å²) >= 11 is 3.51. The van der Waals surface area contributed by atoms with E-state index in [0.29, 0.717) is 11.8 Å². The molecule has 2 fully saturated rings. The molecule has 1 saturated carbocycles. The molecule has 2 nitrogen and oxygen atoms in total. The number of halogens is 1. The van der Waals surface area contributed by atoms with Crippen LogP contribution in [0.3, 0.4) is 0 Å². The highest BCUT2D eigenvalue weighted by Crippen LogP contribution is 2.36. The van der Waals surface area contributed by atoms with Crippen LogP contribution < -0.4 is 0 Å². The molecule has 0 aromatic rings. The van der Waals surface area contributed by atoms with Crippen molar-refractivity contribution in [2.75, 3.05) is 11.9 Å². The molecule has 1 heterocycles. The minimum atomic E-state index is 0.157. The standard InChI is InChI=1S/C13H22BrNO/c1-13(6-4-2-3-5-7-13)15-10-11(9-14)8-12(15)16/h11H,2-10H2,1H3. The van der Waals surface area contributed by atoms with Crippen LogP contribution >= 0.6 is 15.9 Å². The van der Waals surface area contributed by atoms with Gasteiger partial charge in [-0.1, -0.05) is 41.6 Å². The molecule has 2 aliphatic rings. The molecule has 1 aliphatic carbocycles. The number of hydrogen-bond acceptors (Lipinski definition) is 1. The van der Waals surface area contributed by atoms with Gasteiger partial charge in [0.1, 0.15) is 0 Å². The van der Waals surface area contributed by atoms with Gasteiger partial charge in [-0.25, -0.2) is 0 Å². The van der Waals surface area contributed by atoms with Crippen molar-refractivity contribution < 1.29 is 4.79 Å². The molecular formula is C13H22BrNO. The zero-order valence-electron chi connectivity index (χ0n) is 10.2. The van der Waals surface area contributed by atoms with Crippen molar-refractivity contribution in [3.05, 3.63) is 0 Å². The Bertz CT molecular complexity index is 259. The molecule has 1 atom stereocenters. The molecule has 0 radical (unpaired) electrons. The SMILES string of the molecule is CC1(N2CC(CBr)CC2=O)CCCCCC1. The molecule has 1 unspecified atom stereocenters. The fraction of sp³-hybridized carbons (Fsp3) is 0.923. The summed E-state index contributed by atoms with van der Waals surface area (Å²) in [5.74, 6) is 0.918. The van der Waals surface area contributed by atoms with Crippen molar-refractivity contribution in [1.29, 1.82) is 0 Å². The van der Waals surface area contributed by atoms with E-state index in [1.807, 2.05) is 0 Å². The molecule has 2 rings (SSSR count). The number of carbonyl (C=O) groups is 1. The smallest absolute Gasteiger partial charge is 0.223 e. The third kappa shape index (κ3) is 2.44. The van der Waals surface area contributed by atoms with Crippen LogP contribution in [0.4, 0.5) is 0 Å². The van der Waals surface area contributed by atoms with Gasteiger partial charge in [-0.15, -0.1) is 0 Å². The first-order valence-corrected chi connectivity index (χ1v) is 7.64. The predicted molar refractivity (Wildman–Crippen MR) is 69.7 cm³/mol. The van der Waals surface area contributed by atoms with Crippen molar-refractivity contribution in [2.45, 2.75) is 57.4 Å². The Kier molecular flexibility index (Phi) is 3.93. The number of hydrogen-bond donors (Lipinski definition) is 0. The van der Waals surface area contributed by atoms with Gasteiger partial charge in [0.15, 0.2) is 0 Å². The highest BCUT2D eigenvalue weighted by atomic mass is 79.9. The summed E-state index contributed by atoms with van der Waals surface area (Å²) in [6, 6.07) is 0. The van der Waals surface area contributed by atoms with Crippen LogP contribution in [-0.4, -0.2) is 28.2 Å². The maximum Gasteiger partial charge on any atom is 0.223 e. The summed E-state index contributed by atoms with van der Waals surface area (Å²) in [6.07, 6.45) is 8.43. The number of alkyl halides is 1. The largest absolute Gasteiger partial charge is 0.337 e. The summed E-state index contributed by atoms with van der Waals surface area (Å²) in [7, 11) is 0. The topological polar surface area (TPSA) is 20.3 Å². The first-order chi connectivity index (χ1) is 7.65. The highest BCUT2D eigenvalue weighted by Gasteiger charge is 2.40. The average Bonchev–Trinajstić information content (AvgIpc) is 2.51. The lowest BCUT2D eigenvalue weighted by Crippen LogP contribution is -2.47. The van der Waals surface area contributed by atoms with Crippen molar-refractivity contribution in [1.82, 2.24) is 4.90 Å². The van der Waals surface area contributed by atoms with Gasteiger partial charge in [0.05, 0.1) is 0 Å². The van der Waals surface area contributed by atoms with Crippen molar-refractivity contribution >= 4 is 21.8 Å². The van der Waals surface area contributed by atoms with Crippen LogP contribution in [-0.2, 0) is 4.79 Å². The summed E-state index contributed by atoms with van der Waals surface area (Å²) in [5.41, 5.74) is 0.157. The Hall–Kier alpha value is -0.0500. The number of likely N-dealkylation sites (tertiary alicyclic amines) is 1. The van der Waals surface area contributed by atoms with E-state index in [0.717, 1.165) is 18.3 Å². The third-order valence-electron chi connectivity index (χ3n) is 4.26. The Morgan fingerprint density at radius 2 is 1.94 bits per heavy atom. The lowest BCUT2D eigenvalue weighted by Gasteiger charge is -2.38. The molecule has 16 heavy (non-hydrogen) atoms. The average molecular weight is 288 g/mol. The van der Waals surface area contributed by atoms with Crippen LogP contribution in [0.15, 0.2) is 0 Å². The molecular weight excluding hydrogens is 266 g/mol. The third-order valence-corrected chi connectivity index (χ3v) is 5.17. The molecule has 0 spiro atoms. The van der Waals surface area contributed by atoms with Gasteiger partial charge < -0.3 is 4.90 Å². The minimum Gasteiger partial charge on any atom is -0.337 e. The van der Waals surface area contributed by atoms with Gasteiger partial charge in [-0.3, -0.25) is 4.79 Å². The maximum absolute atomic E-state index is 12.1. The Labute approximate surface area is 107 Å². The molecule has 0 N–H and O–H groups in total. The van der Waals surface area contributed by atoms with Gasteiger partial charge >= 0.3 is 0 Å². The fourth-order valence-corrected chi connectivity index (χ4v) is 3.60. The fourth-order valence-electron chi connectivity index (χ4n) is 3.17. The first-order valence-electron chi connectivity index (χ1n) is 6.52. The maximum atomic E-state index is 12.1. The van der Waals surface area contributed by atoms with E-state index in [2.05, 4.69) is 27.8 Å². The van der Waals surface area contributed by atoms with Crippen LogP contribution in [0.5, 0.6) is 0 Å². The van der Waals surface area contributed by atoms with Crippen LogP contribution in [0.2, 0.25) is 0 Å². The lowest BCUT2D eigenvalue weighted by molar-refractivity contribution is -0.133. The van der Waals surface area contributed by atoms with Gasteiger partial charge in [0.2, 0.25) is 5.91 Å². The van der Waals surface area contributed by atoms with Crippen LogP contribution in [0.25, 0.3) is 0 Å². The van der Waals surface area contributed by atoms with Gasteiger partial charge in [0, 0.05) is 23.8 Å². The number of nitrogens with zero attached hydrogens (tertiary/aromatic N) is 1. The first kappa shape index (κ1) is 12.4. The number of carbonyl (C=O) groups excluding carboxylic acids is 1. The van der Waals surface area contributed by atoms with Gasteiger partial charge in [-0.05, 0) is 25.7 Å². The molecule has 1 saturated heterocycles. The molecule has 1 aliphatic heterocycles. The van der Waals surface area contributed by atoms with E-state index in [4.69, 9.17) is 0 Å². The number of amides is 1. The summed E-state index contributed by atoms with van der Waals surface area (Å²) in [4.78, 5) is 14.3. The summed E-state index contributed by atoms with van der Waals surface area (Å²) in [5, 5.41) is 0.964. The second-order valence-electron chi connectivity index (χ2n) is 5.64. The lowest BCUT2D eigenvalue weighted by atomic mass is 9.90. The molecule has 0 aromatic carbocycles. The molecule has 3 heteroatoms. The van der Waals surface area contributed by atoms with E-state index in [1.54, 1.807) is 0 Å². The zero-order chi connectivity index (χ0) is 11.6. The molecule has 1 amide bonds.